The molecule has 0 amide bonds. The van der Waals surface area contributed by atoms with Gasteiger partial charge in [0.15, 0.2) is 0 Å². The smallest absolute Gasteiger partial charge is 0.336 e. The third-order valence-corrected chi connectivity index (χ3v) is 2.13. The molecule has 94 valence electrons. The first kappa shape index (κ1) is 13.4. The molecule has 1 aromatic rings. The molecule has 1 rings (SSSR count). The zero-order chi connectivity index (χ0) is 13.7. The fraction of sp³-hybridized carbons (Fsp3) is 0.0833. The normalized spacial score (nSPS) is 10.3. The third-order valence-electron chi connectivity index (χ3n) is 2.13. The van der Waals surface area contributed by atoms with E-state index in [1.807, 2.05) is 0 Å². The molecule has 0 aromatic heterocycles. The Bertz CT molecular complexity index is 529. The largest absolute Gasteiger partial charge is 0.478 e. The van der Waals surface area contributed by atoms with Crippen LogP contribution in [-0.4, -0.2) is 35.2 Å². The van der Waals surface area contributed by atoms with Gasteiger partial charge in [0.05, 0.1) is 18.2 Å². The van der Waals surface area contributed by atoms with Crippen LogP contribution in [0.5, 0.6) is 0 Å². The van der Waals surface area contributed by atoms with Crippen molar-refractivity contribution in [3.05, 3.63) is 41.0 Å². The summed E-state index contributed by atoms with van der Waals surface area (Å²) in [7, 11) is 1.19. The SMILES string of the molecule is COC(=O)C=Cc1ccc(C(=O)O)cc1C(=O)O. The van der Waals surface area contributed by atoms with Gasteiger partial charge in [-0.25, -0.2) is 14.4 Å². The first-order chi connectivity index (χ1) is 8.45. The fourth-order valence-electron chi connectivity index (χ4n) is 1.25. The molecule has 6 heteroatoms. The molecule has 0 heterocycles. The van der Waals surface area contributed by atoms with Crippen LogP contribution in [0.3, 0.4) is 0 Å². The van der Waals surface area contributed by atoms with Crippen molar-refractivity contribution in [1.82, 2.24) is 0 Å². The van der Waals surface area contributed by atoms with Crippen LogP contribution < -0.4 is 0 Å². The zero-order valence-electron chi connectivity index (χ0n) is 9.41. The highest BCUT2D eigenvalue weighted by Crippen LogP contribution is 2.14. The first-order valence-electron chi connectivity index (χ1n) is 4.82. The molecule has 6 nitrogen and oxygen atoms in total. The number of esters is 1. The highest BCUT2D eigenvalue weighted by atomic mass is 16.5. The topological polar surface area (TPSA) is 101 Å². The summed E-state index contributed by atoms with van der Waals surface area (Å²) in [5, 5.41) is 17.7. The van der Waals surface area contributed by atoms with E-state index in [4.69, 9.17) is 10.2 Å². The Kier molecular flexibility index (Phi) is 4.20. The van der Waals surface area contributed by atoms with Gasteiger partial charge in [-0.2, -0.15) is 0 Å². The Balaban J connectivity index is 3.20. The van der Waals surface area contributed by atoms with Gasteiger partial charge in [0.1, 0.15) is 0 Å². The van der Waals surface area contributed by atoms with Crippen LogP contribution in [0.4, 0.5) is 0 Å². The molecule has 0 unspecified atom stereocenters. The van der Waals surface area contributed by atoms with Crippen molar-refractivity contribution in [1.29, 1.82) is 0 Å². The lowest BCUT2D eigenvalue weighted by molar-refractivity contribution is -0.134. The lowest BCUT2D eigenvalue weighted by Crippen LogP contribution is -2.04. The molecular formula is C12H10O6. The number of carboxylic acid groups (broad SMARTS) is 2. The van der Waals surface area contributed by atoms with Crippen molar-refractivity contribution in [3.8, 4) is 0 Å². The van der Waals surface area contributed by atoms with Gasteiger partial charge in [-0.1, -0.05) is 6.07 Å². The van der Waals surface area contributed by atoms with Crippen molar-refractivity contribution in [2.75, 3.05) is 7.11 Å². The van der Waals surface area contributed by atoms with E-state index >= 15 is 0 Å². The molecule has 0 radical (unpaired) electrons. The zero-order valence-corrected chi connectivity index (χ0v) is 9.41. The Morgan fingerprint density at radius 1 is 1.17 bits per heavy atom. The maximum Gasteiger partial charge on any atom is 0.336 e. The minimum absolute atomic E-state index is 0.136. The Morgan fingerprint density at radius 2 is 1.83 bits per heavy atom. The Hall–Kier alpha value is -2.63. The molecule has 0 atom stereocenters. The van der Waals surface area contributed by atoms with E-state index in [0.29, 0.717) is 0 Å². The average Bonchev–Trinajstić information content (AvgIpc) is 2.35. The maximum absolute atomic E-state index is 11.0. The van der Waals surface area contributed by atoms with E-state index in [-0.39, 0.29) is 16.7 Å². The molecular weight excluding hydrogens is 240 g/mol. The van der Waals surface area contributed by atoms with Crippen molar-refractivity contribution in [2.45, 2.75) is 0 Å². The summed E-state index contributed by atoms with van der Waals surface area (Å²) in [6.07, 6.45) is 2.31. The summed E-state index contributed by atoms with van der Waals surface area (Å²) in [4.78, 5) is 32.6. The molecule has 18 heavy (non-hydrogen) atoms. The van der Waals surface area contributed by atoms with Gasteiger partial charge in [0, 0.05) is 6.08 Å². The van der Waals surface area contributed by atoms with Crippen LogP contribution in [-0.2, 0) is 9.53 Å². The van der Waals surface area contributed by atoms with E-state index in [9.17, 15) is 14.4 Å². The van der Waals surface area contributed by atoms with Gasteiger partial charge in [-0.3, -0.25) is 0 Å². The number of aromatic carboxylic acids is 2. The summed E-state index contributed by atoms with van der Waals surface area (Å²) in [5.74, 6) is -3.13. The predicted molar refractivity (Wildman–Crippen MR) is 61.4 cm³/mol. The predicted octanol–water partition coefficient (Wildman–Crippen LogP) is 1.27. The third kappa shape index (κ3) is 3.18. The highest BCUT2D eigenvalue weighted by Gasteiger charge is 2.12. The molecule has 2 N–H and O–H groups in total. The van der Waals surface area contributed by atoms with E-state index in [1.54, 1.807) is 0 Å². The fourth-order valence-corrected chi connectivity index (χ4v) is 1.25. The van der Waals surface area contributed by atoms with Crippen molar-refractivity contribution in [2.24, 2.45) is 0 Å². The van der Waals surface area contributed by atoms with Crippen molar-refractivity contribution < 1.29 is 29.3 Å². The Labute approximate surface area is 102 Å². The van der Waals surface area contributed by atoms with Gasteiger partial charge in [-0.05, 0) is 23.8 Å². The van der Waals surface area contributed by atoms with Gasteiger partial charge in [-0.15, -0.1) is 0 Å². The molecule has 0 saturated carbocycles. The summed E-state index contributed by atoms with van der Waals surface area (Å²) in [6.45, 7) is 0. The van der Waals surface area contributed by atoms with Gasteiger partial charge in [0.25, 0.3) is 0 Å². The monoisotopic (exact) mass is 250 g/mol. The van der Waals surface area contributed by atoms with Gasteiger partial charge in [0.2, 0.25) is 0 Å². The molecule has 0 bridgehead atoms. The molecule has 0 aliphatic rings. The van der Waals surface area contributed by atoms with E-state index in [2.05, 4.69) is 4.74 Å². The number of benzene rings is 1. The first-order valence-corrected chi connectivity index (χ1v) is 4.82. The number of methoxy groups -OCH3 is 1. The van der Waals surface area contributed by atoms with Gasteiger partial charge >= 0.3 is 17.9 Å². The number of hydrogen-bond donors (Lipinski definition) is 2. The van der Waals surface area contributed by atoms with Gasteiger partial charge < -0.3 is 14.9 Å². The van der Waals surface area contributed by atoms with Crippen LogP contribution in [0.2, 0.25) is 0 Å². The van der Waals surface area contributed by atoms with Crippen LogP contribution >= 0.6 is 0 Å². The van der Waals surface area contributed by atoms with E-state index in [0.717, 1.165) is 12.1 Å². The number of rotatable bonds is 4. The second-order valence-electron chi connectivity index (χ2n) is 3.27. The molecule has 0 saturated heterocycles. The molecule has 0 fully saturated rings. The lowest BCUT2D eigenvalue weighted by atomic mass is 10.0. The summed E-state index contributed by atoms with van der Waals surface area (Å²) >= 11 is 0. The van der Waals surface area contributed by atoms with E-state index < -0.39 is 17.9 Å². The number of ether oxygens (including phenoxy) is 1. The standard InChI is InChI=1S/C12H10O6/c1-18-10(13)5-4-7-2-3-8(11(14)15)6-9(7)12(16)17/h2-6H,1H3,(H,14,15)(H,16,17). The van der Waals surface area contributed by atoms with Crippen LogP contribution in [0.15, 0.2) is 24.3 Å². The second-order valence-corrected chi connectivity index (χ2v) is 3.27. The summed E-state index contributed by atoms with van der Waals surface area (Å²) in [5.41, 5.74) is -0.115. The minimum Gasteiger partial charge on any atom is -0.478 e. The highest BCUT2D eigenvalue weighted by molar-refractivity contribution is 5.98. The van der Waals surface area contributed by atoms with Crippen LogP contribution in [0.1, 0.15) is 26.3 Å². The second kappa shape index (κ2) is 5.62. The van der Waals surface area contributed by atoms with Crippen molar-refractivity contribution in [3.63, 3.8) is 0 Å². The maximum atomic E-state index is 11.0. The Morgan fingerprint density at radius 3 is 2.33 bits per heavy atom. The average molecular weight is 250 g/mol. The number of hydrogen-bond acceptors (Lipinski definition) is 4. The molecule has 0 spiro atoms. The quantitative estimate of drug-likeness (QED) is 0.616. The minimum atomic E-state index is -1.28. The number of carboxylic acids is 2. The molecule has 0 aliphatic heterocycles. The summed E-state index contributed by atoms with van der Waals surface area (Å²) < 4.78 is 4.37. The number of carbonyl (C=O) groups is 3. The van der Waals surface area contributed by atoms with E-state index in [1.165, 1.54) is 25.3 Å². The van der Waals surface area contributed by atoms with Crippen LogP contribution in [0.25, 0.3) is 6.08 Å². The molecule has 1 aromatic carbocycles. The number of carbonyl (C=O) groups excluding carboxylic acids is 1. The van der Waals surface area contributed by atoms with Crippen LogP contribution in [0, 0.1) is 0 Å². The lowest BCUT2D eigenvalue weighted by Gasteiger charge is -2.02. The molecule has 0 aliphatic carbocycles. The summed E-state index contributed by atoms with van der Waals surface area (Å²) in [6, 6.07) is 3.60. The van der Waals surface area contributed by atoms with Crippen molar-refractivity contribution >= 4 is 24.0 Å².